The van der Waals surface area contributed by atoms with E-state index in [0.717, 1.165) is 16.7 Å². The van der Waals surface area contributed by atoms with E-state index in [1.54, 1.807) is 34.1 Å². The van der Waals surface area contributed by atoms with Crippen LogP contribution in [0.5, 0.6) is 5.88 Å². The summed E-state index contributed by atoms with van der Waals surface area (Å²) in [5.74, 6) is 0.210. The summed E-state index contributed by atoms with van der Waals surface area (Å²) in [7, 11) is 0. The lowest BCUT2D eigenvalue weighted by Crippen LogP contribution is -2.51. The highest BCUT2D eigenvalue weighted by Crippen LogP contribution is 2.29. The number of hydrogen-bond donors (Lipinski definition) is 2. The lowest BCUT2D eigenvalue weighted by Gasteiger charge is -2.36. The molecule has 9 nitrogen and oxygen atoms in total. The molecule has 1 atom stereocenters. The molecule has 0 spiro atoms. The first-order chi connectivity index (χ1) is 18.9. The van der Waals surface area contributed by atoms with Crippen LogP contribution in [-0.2, 0) is 4.74 Å². The number of hydrogen-bond acceptors (Lipinski definition) is 8. The number of amides is 2. The van der Waals surface area contributed by atoms with Gasteiger partial charge in [-0.3, -0.25) is 4.79 Å². The number of thiol groups is 1. The molecule has 212 valence electrons. The molecule has 2 amide bonds. The number of aryl methyl sites for hydroxylation is 2. The number of carbonyl (C=O) groups is 2. The van der Waals surface area contributed by atoms with E-state index in [-0.39, 0.29) is 30.8 Å². The molecule has 2 N–H and O–H groups in total. The van der Waals surface area contributed by atoms with Gasteiger partial charge in [-0.25, -0.2) is 9.78 Å². The Balaban J connectivity index is 1.65. The molecule has 2 heterocycles. The number of nitrogens with zero attached hydrogens (tertiary/aromatic N) is 4. The van der Waals surface area contributed by atoms with Gasteiger partial charge in [-0.05, 0) is 70.4 Å². The fraction of sp³-hybridized carbons (Fsp3) is 0.400. The molecule has 0 saturated carbocycles. The minimum atomic E-state index is -0.642. The molecule has 10 heteroatoms. The average molecular weight is 564 g/mol. The number of nitrogen functional groups attached to an aromatic ring is 1. The van der Waals surface area contributed by atoms with Crippen molar-refractivity contribution in [3.05, 3.63) is 65.2 Å². The minimum Gasteiger partial charge on any atom is -0.470 e. The van der Waals surface area contributed by atoms with Crippen LogP contribution in [-0.4, -0.2) is 69.7 Å². The van der Waals surface area contributed by atoms with Crippen LogP contribution in [0.25, 0.3) is 11.3 Å². The first kappa shape index (κ1) is 29.2. The number of rotatable bonds is 4. The third kappa shape index (κ3) is 7.44. The summed E-state index contributed by atoms with van der Waals surface area (Å²) in [5.41, 5.74) is 9.71. The van der Waals surface area contributed by atoms with Gasteiger partial charge in [0, 0.05) is 35.2 Å². The number of nitrogens with two attached hydrogens (primary N) is 1. The molecule has 1 aromatic heterocycles. The Morgan fingerprint density at radius 3 is 2.30 bits per heavy atom. The molecule has 0 aliphatic carbocycles. The van der Waals surface area contributed by atoms with Crippen molar-refractivity contribution in [1.29, 1.82) is 0 Å². The van der Waals surface area contributed by atoms with E-state index in [4.69, 9.17) is 15.2 Å². The van der Waals surface area contributed by atoms with Gasteiger partial charge in [-0.1, -0.05) is 24.3 Å². The molecule has 1 saturated heterocycles. The summed E-state index contributed by atoms with van der Waals surface area (Å²) in [4.78, 5) is 39.4. The summed E-state index contributed by atoms with van der Waals surface area (Å²) >= 11 is 4.39. The molecule has 0 radical (unpaired) electrons. The standard InChI is InChI=1S/C30H37N5O4S/c1-19-9-6-10-20(2)26(19)24-16-25(33-28(31)32-24)38-22-17-34(27(36)21-11-7-12-23(40)15-21)13-8-14-35(18-22)29(37)39-30(3,4)5/h6-7,9-12,15-16,22,40H,8,13-14,17-18H2,1-5H3,(H2,31,32,33). The van der Waals surface area contributed by atoms with Gasteiger partial charge in [0.05, 0.1) is 18.8 Å². The van der Waals surface area contributed by atoms with E-state index in [9.17, 15) is 9.59 Å². The van der Waals surface area contributed by atoms with Crippen molar-refractivity contribution in [2.45, 2.75) is 57.6 Å². The van der Waals surface area contributed by atoms with Crippen molar-refractivity contribution >= 4 is 30.6 Å². The van der Waals surface area contributed by atoms with Gasteiger partial charge in [0.25, 0.3) is 5.91 Å². The van der Waals surface area contributed by atoms with E-state index < -0.39 is 17.8 Å². The van der Waals surface area contributed by atoms with Gasteiger partial charge in [-0.15, -0.1) is 12.6 Å². The Hall–Kier alpha value is -3.79. The molecular formula is C30H37N5O4S. The van der Waals surface area contributed by atoms with Crippen molar-refractivity contribution < 1.29 is 19.1 Å². The zero-order valence-corrected chi connectivity index (χ0v) is 24.6. The Morgan fingerprint density at radius 1 is 0.975 bits per heavy atom. The predicted octanol–water partition coefficient (Wildman–Crippen LogP) is 5.16. The van der Waals surface area contributed by atoms with Gasteiger partial charge in [0.1, 0.15) is 11.7 Å². The molecule has 1 fully saturated rings. The van der Waals surface area contributed by atoms with Crippen molar-refractivity contribution in [1.82, 2.24) is 19.8 Å². The first-order valence-corrected chi connectivity index (χ1v) is 13.8. The van der Waals surface area contributed by atoms with E-state index >= 15 is 0 Å². The number of aromatic nitrogens is 2. The second kappa shape index (κ2) is 12.2. The lowest BCUT2D eigenvalue weighted by atomic mass is 10.00. The number of carbonyl (C=O) groups excluding carboxylic acids is 2. The maximum Gasteiger partial charge on any atom is 0.410 e. The molecule has 2 aromatic carbocycles. The zero-order chi connectivity index (χ0) is 29.0. The van der Waals surface area contributed by atoms with Gasteiger partial charge < -0.3 is 25.0 Å². The van der Waals surface area contributed by atoms with Crippen molar-refractivity contribution in [2.75, 3.05) is 31.9 Å². The van der Waals surface area contributed by atoms with Crippen LogP contribution >= 0.6 is 12.6 Å². The van der Waals surface area contributed by atoms with Gasteiger partial charge >= 0.3 is 6.09 Å². The summed E-state index contributed by atoms with van der Waals surface area (Å²) in [6, 6.07) is 14.9. The Bertz CT molecular complexity index is 1370. The first-order valence-electron chi connectivity index (χ1n) is 13.3. The second-order valence-electron chi connectivity index (χ2n) is 11.0. The summed E-state index contributed by atoms with van der Waals surface area (Å²) in [6.07, 6.45) is -0.437. The maximum absolute atomic E-state index is 13.5. The fourth-order valence-corrected chi connectivity index (χ4v) is 5.00. The van der Waals surface area contributed by atoms with Crippen molar-refractivity contribution in [2.24, 2.45) is 0 Å². The molecule has 1 aliphatic rings. The highest BCUT2D eigenvalue weighted by atomic mass is 32.1. The van der Waals surface area contributed by atoms with Crippen LogP contribution < -0.4 is 10.5 Å². The van der Waals surface area contributed by atoms with Crippen LogP contribution in [0.1, 0.15) is 48.7 Å². The lowest BCUT2D eigenvalue weighted by molar-refractivity contribution is 0.00799. The molecule has 1 aliphatic heterocycles. The molecule has 0 bridgehead atoms. The summed E-state index contributed by atoms with van der Waals surface area (Å²) in [6.45, 7) is 10.8. The number of anilines is 1. The zero-order valence-electron chi connectivity index (χ0n) is 23.7. The summed E-state index contributed by atoms with van der Waals surface area (Å²) < 4.78 is 12.0. The predicted molar refractivity (Wildman–Crippen MR) is 158 cm³/mol. The van der Waals surface area contributed by atoms with Crippen LogP contribution in [0.3, 0.4) is 0 Å². The molecule has 1 unspecified atom stereocenters. The number of benzene rings is 2. The van der Waals surface area contributed by atoms with E-state index in [0.29, 0.717) is 35.7 Å². The van der Waals surface area contributed by atoms with E-state index in [1.165, 1.54) is 0 Å². The van der Waals surface area contributed by atoms with Crippen molar-refractivity contribution in [3.63, 3.8) is 0 Å². The minimum absolute atomic E-state index is 0.0727. The smallest absolute Gasteiger partial charge is 0.410 e. The third-order valence-electron chi connectivity index (χ3n) is 6.48. The van der Waals surface area contributed by atoms with Gasteiger partial charge in [-0.2, -0.15) is 4.98 Å². The molecule has 3 aromatic rings. The topological polar surface area (TPSA) is 111 Å². The SMILES string of the molecule is Cc1cccc(C)c1-c1cc(OC2CN(C(=O)OC(C)(C)C)CCCN(C(=O)c3cccc(S)c3)C2)nc(N)n1. The van der Waals surface area contributed by atoms with Crippen LogP contribution in [0, 0.1) is 13.8 Å². The highest BCUT2D eigenvalue weighted by molar-refractivity contribution is 7.80. The molecular weight excluding hydrogens is 526 g/mol. The quantitative estimate of drug-likeness (QED) is 0.422. The normalized spacial score (nSPS) is 16.2. The second-order valence-corrected chi connectivity index (χ2v) is 11.6. The average Bonchev–Trinajstić information content (AvgIpc) is 2.83. The van der Waals surface area contributed by atoms with Crippen molar-refractivity contribution in [3.8, 4) is 17.1 Å². The Kier molecular flexibility index (Phi) is 8.88. The summed E-state index contributed by atoms with van der Waals surface area (Å²) in [5, 5.41) is 0. The maximum atomic E-state index is 13.5. The Labute approximate surface area is 241 Å². The van der Waals surface area contributed by atoms with Crippen LogP contribution in [0.4, 0.5) is 10.7 Å². The van der Waals surface area contributed by atoms with E-state index in [2.05, 4.69) is 22.6 Å². The van der Waals surface area contributed by atoms with Gasteiger partial charge in [0.2, 0.25) is 11.8 Å². The third-order valence-corrected chi connectivity index (χ3v) is 6.76. The Morgan fingerprint density at radius 2 is 1.62 bits per heavy atom. The fourth-order valence-electron chi connectivity index (χ4n) is 4.78. The van der Waals surface area contributed by atoms with Crippen LogP contribution in [0.2, 0.25) is 0 Å². The monoisotopic (exact) mass is 563 g/mol. The highest BCUT2D eigenvalue weighted by Gasteiger charge is 2.31. The largest absolute Gasteiger partial charge is 0.470 e. The number of ether oxygens (including phenoxy) is 2. The molecule has 40 heavy (non-hydrogen) atoms. The van der Waals surface area contributed by atoms with Gasteiger partial charge in [0.15, 0.2) is 0 Å². The van der Waals surface area contributed by atoms with Crippen LogP contribution in [0.15, 0.2) is 53.4 Å². The van der Waals surface area contributed by atoms with E-state index in [1.807, 2.05) is 58.9 Å². The molecule has 4 rings (SSSR count).